The molecule has 214 valence electrons. The van der Waals surface area contributed by atoms with Gasteiger partial charge in [-0.25, -0.2) is 22.5 Å². The lowest BCUT2D eigenvalue weighted by Crippen LogP contribution is -2.34. The molecule has 4 aromatic rings. The molecule has 1 amide bonds. The number of sulfonamides is 1. The summed E-state index contributed by atoms with van der Waals surface area (Å²) in [5.74, 6) is 0.139. The second-order valence-electron chi connectivity index (χ2n) is 10.5. The number of nitrogens with zero attached hydrogens (tertiary/aromatic N) is 3. The molecule has 7 nitrogen and oxygen atoms in total. The van der Waals surface area contributed by atoms with Gasteiger partial charge in [-0.3, -0.25) is 4.79 Å². The van der Waals surface area contributed by atoms with Crippen molar-refractivity contribution in [3.8, 4) is 0 Å². The van der Waals surface area contributed by atoms with Gasteiger partial charge in [-0.15, -0.1) is 0 Å². The Kier molecular flexibility index (Phi) is 8.58. The summed E-state index contributed by atoms with van der Waals surface area (Å²) in [6, 6.07) is 17.7. The minimum Gasteiger partial charge on any atom is -0.337 e. The van der Waals surface area contributed by atoms with Crippen molar-refractivity contribution in [1.82, 2.24) is 14.3 Å². The zero-order chi connectivity index (χ0) is 29.1. The fourth-order valence-electron chi connectivity index (χ4n) is 5.26. The number of aryl methyl sites for hydroxylation is 2. The van der Waals surface area contributed by atoms with Gasteiger partial charge < -0.3 is 9.47 Å². The molecule has 1 aliphatic rings. The lowest BCUT2D eigenvalue weighted by atomic mass is 9.87. The van der Waals surface area contributed by atoms with E-state index in [2.05, 4.69) is 9.71 Å². The molecule has 1 heterocycles. The predicted molar refractivity (Wildman–Crippen MR) is 158 cm³/mol. The van der Waals surface area contributed by atoms with Crippen molar-refractivity contribution in [3.63, 3.8) is 0 Å². The summed E-state index contributed by atoms with van der Waals surface area (Å²) < 4.78 is 44.7. The van der Waals surface area contributed by atoms with Crippen LogP contribution in [0.5, 0.6) is 0 Å². The van der Waals surface area contributed by atoms with Gasteiger partial charge in [0.25, 0.3) is 0 Å². The number of anilines is 1. The van der Waals surface area contributed by atoms with Crippen molar-refractivity contribution < 1.29 is 17.6 Å². The number of rotatable bonds is 9. The van der Waals surface area contributed by atoms with E-state index in [0.29, 0.717) is 23.0 Å². The monoisotopic (exact) mass is 594 g/mol. The Morgan fingerprint density at radius 3 is 2.66 bits per heavy atom. The highest BCUT2D eigenvalue weighted by Gasteiger charge is 2.28. The quantitative estimate of drug-likeness (QED) is 0.247. The number of carbonyl (C=O) groups excluding carboxylic acids is 1. The molecule has 0 unspecified atom stereocenters. The Balaban J connectivity index is 1.46. The first-order valence-corrected chi connectivity index (χ1v) is 15.4. The summed E-state index contributed by atoms with van der Waals surface area (Å²) in [5.41, 5.74) is 3.43. The molecule has 3 aromatic carbocycles. The number of fused-ring (bicyclic) bond motifs is 1. The van der Waals surface area contributed by atoms with Crippen LogP contribution in [0.2, 0.25) is 5.02 Å². The average molecular weight is 595 g/mol. The number of amides is 1. The second kappa shape index (κ2) is 12.1. The maximum absolute atomic E-state index is 13.8. The largest absolute Gasteiger partial charge is 0.337 e. The molecule has 5 rings (SSSR count). The molecule has 0 saturated heterocycles. The number of aromatic nitrogens is 2. The van der Waals surface area contributed by atoms with E-state index in [9.17, 15) is 17.6 Å². The lowest BCUT2D eigenvalue weighted by molar-refractivity contribution is -0.119. The summed E-state index contributed by atoms with van der Waals surface area (Å²) >= 11 is 6.06. The summed E-state index contributed by atoms with van der Waals surface area (Å²) in [7, 11) is -1.95. The van der Waals surface area contributed by atoms with Gasteiger partial charge in [0.15, 0.2) is 0 Å². The van der Waals surface area contributed by atoms with Gasteiger partial charge >= 0.3 is 0 Å². The summed E-state index contributed by atoms with van der Waals surface area (Å²) in [6.45, 7) is 2.19. The summed E-state index contributed by atoms with van der Waals surface area (Å²) in [5, 5.41) is 0.345. The number of nitrogens with one attached hydrogen (secondary N) is 1. The molecule has 1 aliphatic carbocycles. The van der Waals surface area contributed by atoms with Gasteiger partial charge in [0.05, 0.1) is 11.4 Å². The second-order valence-corrected chi connectivity index (χ2v) is 12.6. The Bertz CT molecular complexity index is 1660. The highest BCUT2D eigenvalue weighted by atomic mass is 35.5. The van der Waals surface area contributed by atoms with E-state index in [1.807, 2.05) is 42.9 Å². The summed E-state index contributed by atoms with van der Waals surface area (Å²) in [4.78, 5) is 20.0. The topological polar surface area (TPSA) is 84.3 Å². The van der Waals surface area contributed by atoms with Crippen LogP contribution in [-0.4, -0.2) is 23.9 Å². The molecule has 0 saturated carbocycles. The molecular formula is C31H32ClFN4O3S. The minimum atomic E-state index is -3.83. The van der Waals surface area contributed by atoms with Crippen LogP contribution in [-0.2, 0) is 34.8 Å². The number of hydrogen-bond donors (Lipinski definition) is 1. The molecule has 2 atom stereocenters. The van der Waals surface area contributed by atoms with Crippen molar-refractivity contribution in [2.45, 2.75) is 56.0 Å². The van der Waals surface area contributed by atoms with E-state index in [1.54, 1.807) is 35.4 Å². The van der Waals surface area contributed by atoms with Crippen molar-refractivity contribution >= 4 is 33.2 Å². The van der Waals surface area contributed by atoms with Crippen LogP contribution in [0.4, 0.5) is 10.1 Å². The van der Waals surface area contributed by atoms with Crippen LogP contribution in [0.25, 0.3) is 0 Å². The van der Waals surface area contributed by atoms with E-state index in [1.165, 1.54) is 24.3 Å². The summed E-state index contributed by atoms with van der Waals surface area (Å²) in [6.07, 6.45) is 6.00. The van der Waals surface area contributed by atoms with Crippen molar-refractivity contribution in [2.24, 2.45) is 7.05 Å². The predicted octanol–water partition coefficient (Wildman–Crippen LogP) is 6.30. The maximum atomic E-state index is 13.8. The van der Waals surface area contributed by atoms with Gasteiger partial charge in [-0.1, -0.05) is 42.8 Å². The van der Waals surface area contributed by atoms with Gasteiger partial charge in [0, 0.05) is 42.6 Å². The van der Waals surface area contributed by atoms with Crippen LogP contribution in [0.15, 0.2) is 84.0 Å². The standard InChI is InChI=1S/C31H32ClFN4O3S/c1-21(22-9-12-25(33)13-10-22)17-31(38)37(20-30-34-15-16-36(30)2)26-14-11-23-5-3-8-29(28(23)19-26)35-41(39,40)27-7-4-6-24(32)18-27/h4,6-7,9-16,18-19,21,29,35H,3,5,8,17,20H2,1-2H3/t21-,29+/m1/s1. The molecule has 0 bridgehead atoms. The molecule has 10 heteroatoms. The van der Waals surface area contributed by atoms with Crippen molar-refractivity contribution in [1.29, 1.82) is 0 Å². The third-order valence-electron chi connectivity index (χ3n) is 7.60. The zero-order valence-electron chi connectivity index (χ0n) is 22.9. The highest BCUT2D eigenvalue weighted by Crippen LogP contribution is 2.35. The Morgan fingerprint density at radius 1 is 1.17 bits per heavy atom. The highest BCUT2D eigenvalue weighted by molar-refractivity contribution is 7.89. The number of imidazole rings is 1. The van der Waals surface area contributed by atoms with E-state index in [4.69, 9.17) is 11.6 Å². The Hall–Kier alpha value is -3.53. The first kappa shape index (κ1) is 29.0. The van der Waals surface area contributed by atoms with E-state index >= 15 is 0 Å². The molecule has 0 spiro atoms. The van der Waals surface area contributed by atoms with Crippen LogP contribution in [0.1, 0.15) is 60.7 Å². The smallest absolute Gasteiger partial charge is 0.241 e. The number of benzene rings is 3. The third-order valence-corrected chi connectivity index (χ3v) is 9.31. The molecule has 1 aromatic heterocycles. The number of halogens is 2. The zero-order valence-corrected chi connectivity index (χ0v) is 24.5. The van der Waals surface area contributed by atoms with Crippen molar-refractivity contribution in [3.05, 3.63) is 112 Å². The van der Waals surface area contributed by atoms with Crippen LogP contribution < -0.4 is 9.62 Å². The molecule has 0 aliphatic heterocycles. The normalized spacial score (nSPS) is 15.8. The van der Waals surface area contributed by atoms with Gasteiger partial charge in [-0.2, -0.15) is 0 Å². The van der Waals surface area contributed by atoms with Crippen LogP contribution in [0.3, 0.4) is 0 Å². The molecule has 1 N–H and O–H groups in total. The fourth-order valence-corrected chi connectivity index (χ4v) is 6.81. The molecule has 41 heavy (non-hydrogen) atoms. The molecule has 0 radical (unpaired) electrons. The first-order chi connectivity index (χ1) is 19.6. The van der Waals surface area contributed by atoms with Crippen LogP contribution >= 0.6 is 11.6 Å². The maximum Gasteiger partial charge on any atom is 0.241 e. The van der Waals surface area contributed by atoms with Crippen molar-refractivity contribution in [2.75, 3.05) is 4.90 Å². The van der Waals surface area contributed by atoms with Crippen LogP contribution in [0, 0.1) is 5.82 Å². The Morgan fingerprint density at radius 2 is 1.95 bits per heavy atom. The fraction of sp³-hybridized carbons (Fsp3) is 0.290. The minimum absolute atomic E-state index is 0.106. The van der Waals surface area contributed by atoms with Gasteiger partial charge in [0.1, 0.15) is 11.6 Å². The Labute approximate surface area is 245 Å². The first-order valence-electron chi connectivity index (χ1n) is 13.5. The van der Waals surface area contributed by atoms with E-state index < -0.39 is 16.1 Å². The molecular weight excluding hydrogens is 563 g/mol. The van der Waals surface area contributed by atoms with E-state index in [0.717, 1.165) is 29.5 Å². The number of hydrogen-bond acceptors (Lipinski definition) is 4. The molecule has 0 fully saturated rings. The van der Waals surface area contributed by atoms with Gasteiger partial charge in [0.2, 0.25) is 15.9 Å². The van der Waals surface area contributed by atoms with Gasteiger partial charge in [-0.05, 0) is 84.3 Å². The average Bonchev–Trinajstić information content (AvgIpc) is 3.36. The third kappa shape index (κ3) is 6.69. The lowest BCUT2D eigenvalue weighted by Gasteiger charge is -2.30. The van der Waals surface area contributed by atoms with E-state index in [-0.39, 0.29) is 35.5 Å². The SMILES string of the molecule is C[C@H](CC(=O)N(Cc1nccn1C)c1ccc2c(c1)[C@@H](NS(=O)(=O)c1cccc(Cl)c1)CCC2)c1ccc(F)cc1. The number of carbonyl (C=O) groups is 1.